The van der Waals surface area contributed by atoms with E-state index in [4.69, 9.17) is 4.74 Å². The Kier molecular flexibility index (Phi) is 6.50. The second-order valence-corrected chi connectivity index (χ2v) is 6.45. The molecule has 0 aliphatic carbocycles. The monoisotopic (exact) mass is 348 g/mol. The summed E-state index contributed by atoms with van der Waals surface area (Å²) in [4.78, 5) is 27.6. The third-order valence-corrected chi connectivity index (χ3v) is 4.33. The number of nitrogens with one attached hydrogen (secondary N) is 2. The zero-order valence-corrected chi connectivity index (χ0v) is 15.5. The molecule has 3 amide bonds. The molecule has 1 saturated heterocycles. The highest BCUT2D eigenvalue weighted by atomic mass is 16.6. The van der Waals surface area contributed by atoms with E-state index < -0.39 is 0 Å². The molecule has 1 aromatic carbocycles. The maximum Gasteiger partial charge on any atom is 0.409 e. The maximum absolute atomic E-state index is 12.2. The number of nitrogens with zero attached hydrogens (tertiary/aromatic N) is 2. The lowest BCUT2D eigenvalue weighted by atomic mass is 10.1. The van der Waals surface area contributed by atoms with Gasteiger partial charge in [-0.3, -0.25) is 0 Å². The van der Waals surface area contributed by atoms with Crippen molar-refractivity contribution in [2.45, 2.75) is 32.7 Å². The fourth-order valence-electron chi connectivity index (χ4n) is 2.83. The average molecular weight is 348 g/mol. The average Bonchev–Trinajstić information content (AvgIpc) is 2.57. The number of hydrogen-bond acceptors (Lipinski definition) is 4. The van der Waals surface area contributed by atoms with Crippen molar-refractivity contribution in [1.29, 1.82) is 0 Å². The predicted octanol–water partition coefficient (Wildman–Crippen LogP) is 2.80. The third kappa shape index (κ3) is 5.27. The molecule has 2 rings (SSSR count). The van der Waals surface area contributed by atoms with Gasteiger partial charge in [-0.05, 0) is 50.5 Å². The van der Waals surface area contributed by atoms with Crippen molar-refractivity contribution in [1.82, 2.24) is 10.2 Å². The molecule has 0 spiro atoms. The summed E-state index contributed by atoms with van der Waals surface area (Å²) in [7, 11) is 3.97. The minimum Gasteiger partial charge on any atom is -0.450 e. The van der Waals surface area contributed by atoms with E-state index >= 15 is 0 Å². The third-order valence-electron chi connectivity index (χ3n) is 4.33. The van der Waals surface area contributed by atoms with Crippen LogP contribution in [0, 0.1) is 6.92 Å². The summed E-state index contributed by atoms with van der Waals surface area (Å²) in [5.41, 5.74) is 2.90. The van der Waals surface area contributed by atoms with Gasteiger partial charge in [0, 0.05) is 44.6 Å². The number of likely N-dealkylation sites (tertiary alicyclic amines) is 1. The number of anilines is 2. The molecule has 0 radical (unpaired) electrons. The summed E-state index contributed by atoms with van der Waals surface area (Å²) in [5.74, 6) is 0. The van der Waals surface area contributed by atoms with Gasteiger partial charge in [0.25, 0.3) is 0 Å². The lowest BCUT2D eigenvalue weighted by Crippen LogP contribution is -2.47. The van der Waals surface area contributed by atoms with Crippen LogP contribution >= 0.6 is 0 Å². The summed E-state index contributed by atoms with van der Waals surface area (Å²) in [5, 5.41) is 5.89. The summed E-state index contributed by atoms with van der Waals surface area (Å²) < 4.78 is 5.00. The van der Waals surface area contributed by atoms with Crippen LogP contribution in [0.25, 0.3) is 0 Å². The molecule has 0 bridgehead atoms. The molecule has 0 atom stereocenters. The first kappa shape index (κ1) is 18.9. The van der Waals surface area contributed by atoms with E-state index in [0.29, 0.717) is 19.7 Å². The molecule has 0 aromatic heterocycles. The SMILES string of the molecule is CCOC(=O)N1CCC(NC(=O)Nc2ccc(N(C)C)cc2C)CC1. The first-order valence-electron chi connectivity index (χ1n) is 8.68. The highest BCUT2D eigenvalue weighted by Crippen LogP contribution is 2.21. The second-order valence-electron chi connectivity index (χ2n) is 6.45. The summed E-state index contributed by atoms with van der Waals surface area (Å²) >= 11 is 0. The molecule has 0 saturated carbocycles. The van der Waals surface area contributed by atoms with Crippen molar-refractivity contribution < 1.29 is 14.3 Å². The van der Waals surface area contributed by atoms with Crippen molar-refractivity contribution in [3.8, 4) is 0 Å². The van der Waals surface area contributed by atoms with Crippen LogP contribution in [0.5, 0.6) is 0 Å². The van der Waals surface area contributed by atoms with E-state index in [1.807, 2.05) is 44.1 Å². The van der Waals surface area contributed by atoms with Crippen molar-refractivity contribution in [3.05, 3.63) is 23.8 Å². The van der Waals surface area contributed by atoms with E-state index in [2.05, 4.69) is 10.6 Å². The summed E-state index contributed by atoms with van der Waals surface area (Å²) in [6.45, 7) is 5.34. The van der Waals surface area contributed by atoms with Crippen LogP contribution in [-0.2, 0) is 4.74 Å². The van der Waals surface area contributed by atoms with Gasteiger partial charge in [-0.15, -0.1) is 0 Å². The largest absolute Gasteiger partial charge is 0.450 e. The molecular formula is C18H28N4O3. The van der Waals surface area contributed by atoms with Gasteiger partial charge in [-0.2, -0.15) is 0 Å². The molecule has 7 nitrogen and oxygen atoms in total. The summed E-state index contributed by atoms with van der Waals surface area (Å²) in [6.07, 6.45) is 1.18. The van der Waals surface area contributed by atoms with Gasteiger partial charge in [0.2, 0.25) is 0 Å². The number of piperidine rings is 1. The fourth-order valence-corrected chi connectivity index (χ4v) is 2.83. The number of aryl methyl sites for hydroxylation is 1. The van der Waals surface area contributed by atoms with Crippen molar-refractivity contribution in [2.75, 3.05) is 44.0 Å². The van der Waals surface area contributed by atoms with Crippen molar-refractivity contribution >= 4 is 23.5 Å². The van der Waals surface area contributed by atoms with Crippen molar-refractivity contribution in [3.63, 3.8) is 0 Å². The normalized spacial score (nSPS) is 14.8. The number of hydrogen-bond donors (Lipinski definition) is 2. The molecule has 1 heterocycles. The summed E-state index contributed by atoms with van der Waals surface area (Å²) in [6, 6.07) is 5.77. The number of amides is 3. The van der Waals surface area contributed by atoms with E-state index in [9.17, 15) is 9.59 Å². The zero-order chi connectivity index (χ0) is 18.4. The van der Waals surface area contributed by atoms with Gasteiger partial charge in [0.15, 0.2) is 0 Å². The lowest BCUT2D eigenvalue weighted by molar-refractivity contribution is 0.0959. The molecule has 138 valence electrons. The molecule has 2 N–H and O–H groups in total. The molecule has 7 heteroatoms. The smallest absolute Gasteiger partial charge is 0.409 e. The van der Waals surface area contributed by atoms with Gasteiger partial charge in [0.05, 0.1) is 6.61 Å². The van der Waals surface area contributed by atoms with E-state index in [1.165, 1.54) is 0 Å². The first-order valence-corrected chi connectivity index (χ1v) is 8.68. The number of benzene rings is 1. The molecule has 1 aliphatic heterocycles. The Bertz CT molecular complexity index is 610. The van der Waals surface area contributed by atoms with Crippen LogP contribution in [0.15, 0.2) is 18.2 Å². The van der Waals surface area contributed by atoms with Crippen LogP contribution in [0.1, 0.15) is 25.3 Å². The van der Waals surface area contributed by atoms with Crippen LogP contribution < -0.4 is 15.5 Å². The second kappa shape index (κ2) is 8.60. The topological polar surface area (TPSA) is 73.9 Å². The van der Waals surface area contributed by atoms with Crippen LogP contribution in [0.4, 0.5) is 21.0 Å². The molecule has 1 aromatic rings. The first-order chi connectivity index (χ1) is 11.9. The van der Waals surface area contributed by atoms with Gasteiger partial charge in [-0.25, -0.2) is 9.59 Å². The van der Waals surface area contributed by atoms with Crippen LogP contribution in [-0.4, -0.2) is 56.9 Å². The lowest BCUT2D eigenvalue weighted by Gasteiger charge is -2.31. The Morgan fingerprint density at radius 2 is 1.96 bits per heavy atom. The van der Waals surface area contributed by atoms with Gasteiger partial charge in [-0.1, -0.05) is 0 Å². The number of carbonyl (C=O) groups is 2. The van der Waals surface area contributed by atoms with E-state index in [1.54, 1.807) is 11.8 Å². The molecule has 0 unspecified atom stereocenters. The fraction of sp³-hybridized carbons (Fsp3) is 0.556. The Morgan fingerprint density at radius 3 is 2.52 bits per heavy atom. The van der Waals surface area contributed by atoms with Gasteiger partial charge < -0.3 is 25.2 Å². The molecular weight excluding hydrogens is 320 g/mol. The molecule has 25 heavy (non-hydrogen) atoms. The van der Waals surface area contributed by atoms with Crippen LogP contribution in [0.2, 0.25) is 0 Å². The van der Waals surface area contributed by atoms with Crippen LogP contribution in [0.3, 0.4) is 0 Å². The minimum atomic E-state index is -0.276. The minimum absolute atomic E-state index is 0.0621. The van der Waals surface area contributed by atoms with E-state index in [-0.39, 0.29) is 18.2 Å². The molecule has 1 fully saturated rings. The number of urea groups is 1. The van der Waals surface area contributed by atoms with Crippen molar-refractivity contribution in [2.24, 2.45) is 0 Å². The Hall–Kier alpha value is -2.44. The van der Waals surface area contributed by atoms with Gasteiger partial charge in [0.1, 0.15) is 0 Å². The Balaban J connectivity index is 1.82. The number of ether oxygens (including phenoxy) is 1. The Labute approximate surface area is 149 Å². The Morgan fingerprint density at radius 1 is 1.28 bits per heavy atom. The maximum atomic E-state index is 12.2. The standard InChI is InChI=1S/C18H28N4O3/c1-5-25-18(24)22-10-8-14(9-11-22)19-17(23)20-16-7-6-15(21(3)4)12-13(16)2/h6-7,12,14H,5,8-11H2,1-4H3,(H2,19,20,23). The van der Waals surface area contributed by atoms with E-state index in [0.717, 1.165) is 29.8 Å². The van der Waals surface area contributed by atoms with Gasteiger partial charge >= 0.3 is 12.1 Å². The highest BCUT2D eigenvalue weighted by Gasteiger charge is 2.24. The quantitative estimate of drug-likeness (QED) is 0.877. The predicted molar refractivity (Wildman–Crippen MR) is 99.3 cm³/mol. The zero-order valence-electron chi connectivity index (χ0n) is 15.5. The number of carbonyl (C=O) groups excluding carboxylic acids is 2. The number of rotatable bonds is 4. The molecule has 1 aliphatic rings. The highest BCUT2D eigenvalue weighted by molar-refractivity contribution is 5.90.